The highest BCUT2D eigenvalue weighted by Gasteiger charge is 2.62. The average molecular weight is 787 g/mol. The SMILES string of the molecule is C=CC(C)(CC/C=C(\C)CCC=C(C)C)C(C)(C)C.CC(C)=CCC/C(C)=C/CC/C(C)=C/CC(C)(C)C.CC1=CCC2(C)CCC(C(C)C)C2(C(C)(C)C)CC1. The van der Waals surface area contributed by atoms with Gasteiger partial charge in [-0.25, -0.2) is 0 Å². The molecular weight excluding hydrogens is 685 g/mol. The van der Waals surface area contributed by atoms with Crippen molar-refractivity contribution >= 4 is 0 Å². The van der Waals surface area contributed by atoms with Gasteiger partial charge in [-0.3, -0.25) is 0 Å². The van der Waals surface area contributed by atoms with Crippen molar-refractivity contribution in [2.45, 2.75) is 235 Å². The molecular formula is C57H102. The fourth-order valence-electron chi connectivity index (χ4n) is 9.71. The van der Waals surface area contributed by atoms with E-state index in [1.54, 1.807) is 5.57 Å². The Morgan fingerprint density at radius 1 is 0.702 bits per heavy atom. The largest absolute Gasteiger partial charge is 0.103 e. The third kappa shape index (κ3) is 19.4. The summed E-state index contributed by atoms with van der Waals surface area (Å²) in [5.41, 5.74) is 11.4. The molecule has 0 nitrogen and oxygen atoms in total. The van der Waals surface area contributed by atoms with E-state index in [9.17, 15) is 0 Å². The van der Waals surface area contributed by atoms with Gasteiger partial charge in [-0.05, 0) is 190 Å². The zero-order valence-corrected chi connectivity index (χ0v) is 42.8. The van der Waals surface area contributed by atoms with Crippen LogP contribution < -0.4 is 0 Å². The van der Waals surface area contributed by atoms with Crippen molar-refractivity contribution in [1.29, 1.82) is 0 Å². The molecule has 1 fully saturated rings. The third-order valence-electron chi connectivity index (χ3n) is 14.3. The summed E-state index contributed by atoms with van der Waals surface area (Å²) in [7, 11) is 0. The molecule has 4 atom stereocenters. The van der Waals surface area contributed by atoms with Gasteiger partial charge < -0.3 is 0 Å². The van der Waals surface area contributed by atoms with Gasteiger partial charge in [0.05, 0.1) is 0 Å². The predicted molar refractivity (Wildman–Crippen MR) is 264 cm³/mol. The van der Waals surface area contributed by atoms with E-state index in [2.05, 4.69) is 195 Å². The number of hydrogen-bond donors (Lipinski definition) is 0. The van der Waals surface area contributed by atoms with Gasteiger partial charge in [0.25, 0.3) is 0 Å². The fourth-order valence-corrected chi connectivity index (χ4v) is 9.71. The molecule has 4 unspecified atom stereocenters. The average Bonchev–Trinajstić information content (AvgIpc) is 3.31. The van der Waals surface area contributed by atoms with Crippen LogP contribution in [-0.4, -0.2) is 0 Å². The van der Waals surface area contributed by atoms with Gasteiger partial charge in [0.2, 0.25) is 0 Å². The van der Waals surface area contributed by atoms with Gasteiger partial charge in [0.1, 0.15) is 0 Å². The van der Waals surface area contributed by atoms with Crippen LogP contribution in [0.1, 0.15) is 235 Å². The molecule has 0 aromatic carbocycles. The second kappa shape index (κ2) is 24.4. The molecule has 2 aliphatic carbocycles. The Balaban J connectivity index is 0.000000825. The molecule has 0 bridgehead atoms. The van der Waals surface area contributed by atoms with Gasteiger partial charge >= 0.3 is 0 Å². The summed E-state index contributed by atoms with van der Waals surface area (Å²) < 4.78 is 0. The Hall–Kier alpha value is -1.82. The van der Waals surface area contributed by atoms with E-state index in [0.29, 0.717) is 21.7 Å². The number of fused-ring (bicyclic) bond motifs is 1. The molecule has 2 aliphatic rings. The van der Waals surface area contributed by atoms with E-state index in [1.165, 1.54) is 111 Å². The topological polar surface area (TPSA) is 0 Å². The minimum Gasteiger partial charge on any atom is -0.103 e. The van der Waals surface area contributed by atoms with Crippen molar-refractivity contribution in [3.63, 3.8) is 0 Å². The van der Waals surface area contributed by atoms with Crippen LogP contribution in [0.5, 0.6) is 0 Å². The maximum Gasteiger partial charge on any atom is -0.00977 e. The maximum atomic E-state index is 4.04. The zero-order valence-electron chi connectivity index (χ0n) is 42.8. The molecule has 1 saturated carbocycles. The Morgan fingerprint density at radius 3 is 1.56 bits per heavy atom. The van der Waals surface area contributed by atoms with Crippen molar-refractivity contribution in [3.05, 3.63) is 82.5 Å². The van der Waals surface area contributed by atoms with Crippen molar-refractivity contribution in [3.8, 4) is 0 Å². The molecule has 0 aromatic rings. The van der Waals surface area contributed by atoms with Gasteiger partial charge in [-0.2, -0.15) is 0 Å². The zero-order chi connectivity index (χ0) is 44.5. The highest BCUT2D eigenvalue weighted by atomic mass is 14.7. The molecule has 0 aromatic heterocycles. The van der Waals surface area contributed by atoms with Crippen LogP contribution in [-0.2, 0) is 0 Å². The molecule has 0 spiro atoms. The monoisotopic (exact) mass is 787 g/mol. The lowest BCUT2D eigenvalue weighted by molar-refractivity contribution is -0.0786. The van der Waals surface area contributed by atoms with E-state index in [1.807, 2.05) is 0 Å². The van der Waals surface area contributed by atoms with Crippen molar-refractivity contribution < 1.29 is 0 Å². The molecule has 0 heterocycles. The smallest absolute Gasteiger partial charge is 0.00977 e. The minimum atomic E-state index is 0.212. The lowest BCUT2D eigenvalue weighted by Crippen LogP contribution is -2.50. The van der Waals surface area contributed by atoms with Crippen LogP contribution in [0.4, 0.5) is 0 Å². The summed E-state index contributed by atoms with van der Waals surface area (Å²) in [4.78, 5) is 0. The van der Waals surface area contributed by atoms with Gasteiger partial charge in [-0.1, -0.05) is 166 Å². The molecule has 0 radical (unpaired) electrons. The lowest BCUT2D eigenvalue weighted by atomic mass is 9.48. The first-order valence-corrected chi connectivity index (χ1v) is 23.5. The number of hydrogen-bond acceptors (Lipinski definition) is 0. The summed E-state index contributed by atoms with van der Waals surface area (Å²) in [6.07, 6.45) is 34.1. The lowest BCUT2D eigenvalue weighted by Gasteiger charge is -2.56. The summed E-state index contributed by atoms with van der Waals surface area (Å²) in [5.74, 6) is 1.72. The van der Waals surface area contributed by atoms with E-state index in [-0.39, 0.29) is 10.8 Å². The van der Waals surface area contributed by atoms with Crippen LogP contribution in [0.3, 0.4) is 0 Å². The summed E-state index contributed by atoms with van der Waals surface area (Å²) in [5, 5.41) is 0. The van der Waals surface area contributed by atoms with Gasteiger partial charge in [0.15, 0.2) is 0 Å². The van der Waals surface area contributed by atoms with Crippen molar-refractivity contribution in [2.75, 3.05) is 0 Å². The second-order valence-electron chi connectivity index (χ2n) is 23.4. The first kappa shape index (κ1) is 55.2. The molecule has 0 aliphatic heterocycles. The summed E-state index contributed by atoms with van der Waals surface area (Å²) >= 11 is 0. The number of rotatable bonds is 15. The molecule has 0 heteroatoms. The van der Waals surface area contributed by atoms with Crippen LogP contribution in [0, 0.1) is 44.3 Å². The van der Waals surface area contributed by atoms with Crippen molar-refractivity contribution in [2.24, 2.45) is 44.3 Å². The Labute approximate surface area is 360 Å². The molecule has 330 valence electrons. The maximum absolute atomic E-state index is 4.04. The fraction of sp³-hybridized carbons (Fsp3) is 0.754. The first-order valence-electron chi connectivity index (χ1n) is 23.5. The molecule has 0 saturated heterocycles. The molecule has 2 rings (SSSR count). The van der Waals surface area contributed by atoms with Crippen LogP contribution in [0.2, 0.25) is 0 Å². The Morgan fingerprint density at radius 2 is 1.16 bits per heavy atom. The van der Waals surface area contributed by atoms with E-state index in [4.69, 9.17) is 0 Å². The quantitative estimate of drug-likeness (QED) is 0.145. The molecule has 0 N–H and O–H groups in total. The van der Waals surface area contributed by atoms with Gasteiger partial charge in [-0.15, -0.1) is 6.58 Å². The van der Waals surface area contributed by atoms with Gasteiger partial charge in [0, 0.05) is 0 Å². The highest BCUT2D eigenvalue weighted by Crippen LogP contribution is 2.70. The van der Waals surface area contributed by atoms with E-state index >= 15 is 0 Å². The van der Waals surface area contributed by atoms with Crippen LogP contribution >= 0.6 is 0 Å². The number of allylic oxidation sites excluding steroid dienone is 13. The normalized spacial score (nSPS) is 23.2. The summed E-state index contributed by atoms with van der Waals surface area (Å²) in [6, 6.07) is 0. The predicted octanol–water partition coefficient (Wildman–Crippen LogP) is 19.8. The standard InChI is InChI=1S/3C19H34/c1-14(2)16-10-12-18(7)11-8-15(3)9-13-19(16,18)17(4,5)6;1-16(2)10-8-11-17(3)12-9-13-18(4)14-15-19(5,6)7;1-9-19(8,18(5,6)7)15-11-14-17(4)13-10-12-16(2)3/h8,14,16H,9-13H2,1-7H3;10,12,14H,8-9,11,13,15H2,1-7H3;9,12,14H,1,10-11,13,15H2,2-8H3/b;17-12+,18-14+;17-14+. The van der Waals surface area contributed by atoms with Crippen LogP contribution in [0.15, 0.2) is 82.5 Å². The Kier molecular flexibility index (Phi) is 23.7. The van der Waals surface area contributed by atoms with Crippen molar-refractivity contribution in [1.82, 2.24) is 0 Å². The molecule has 57 heavy (non-hydrogen) atoms. The second-order valence-corrected chi connectivity index (χ2v) is 23.4. The third-order valence-corrected chi connectivity index (χ3v) is 14.3. The highest BCUT2D eigenvalue weighted by molar-refractivity contribution is 5.18. The minimum absolute atomic E-state index is 0.212. The molecule has 0 amide bonds. The van der Waals surface area contributed by atoms with E-state index in [0.717, 1.165) is 18.3 Å². The Bertz CT molecular complexity index is 1370. The summed E-state index contributed by atoms with van der Waals surface area (Å²) in [6.45, 7) is 53.0. The first-order chi connectivity index (χ1) is 26.0. The van der Waals surface area contributed by atoms with Crippen LogP contribution in [0.25, 0.3) is 0 Å². The van der Waals surface area contributed by atoms with E-state index < -0.39 is 0 Å².